The molecule has 0 aliphatic carbocycles. The summed E-state index contributed by atoms with van der Waals surface area (Å²) in [6.45, 7) is 4.85. The third-order valence-corrected chi connectivity index (χ3v) is 2.18. The Bertz CT molecular complexity index is 550. The summed E-state index contributed by atoms with van der Waals surface area (Å²) >= 11 is 0. The molecule has 0 unspecified atom stereocenters. The molecule has 0 aliphatic rings. The van der Waals surface area contributed by atoms with E-state index in [1.54, 1.807) is 6.92 Å². The summed E-state index contributed by atoms with van der Waals surface area (Å²) in [5.74, 6) is -0.590. The maximum absolute atomic E-state index is 11.3. The molecule has 21 heavy (non-hydrogen) atoms. The summed E-state index contributed by atoms with van der Waals surface area (Å²) in [6, 6.07) is 4.86. The summed E-state index contributed by atoms with van der Waals surface area (Å²) in [4.78, 5) is 32.4. The highest BCUT2D eigenvalue weighted by molar-refractivity contribution is 5.88. The third-order valence-electron chi connectivity index (χ3n) is 2.18. The van der Waals surface area contributed by atoms with E-state index in [-0.39, 0.29) is 30.2 Å². The Balaban J connectivity index is 2.45. The first-order chi connectivity index (χ1) is 9.93. The Morgan fingerprint density at radius 3 is 2.38 bits per heavy atom. The minimum Gasteiger partial charge on any atom is -0.463 e. The van der Waals surface area contributed by atoms with Crippen LogP contribution in [0, 0.1) is 10.1 Å². The second-order valence-corrected chi connectivity index (χ2v) is 3.72. The zero-order valence-corrected chi connectivity index (χ0v) is 11.2. The maximum atomic E-state index is 11.3. The molecule has 0 fully saturated rings. The highest BCUT2D eigenvalue weighted by Gasteiger charge is 2.13. The van der Waals surface area contributed by atoms with Gasteiger partial charge in [0.05, 0.1) is 17.1 Å². The smallest absolute Gasteiger partial charge is 0.463 e. The second-order valence-electron chi connectivity index (χ2n) is 3.72. The largest absolute Gasteiger partial charge is 0.514 e. The van der Waals surface area contributed by atoms with Gasteiger partial charge in [-0.15, -0.1) is 0 Å². The molecule has 0 radical (unpaired) electrons. The van der Waals surface area contributed by atoms with E-state index in [0.29, 0.717) is 0 Å². The molecule has 8 nitrogen and oxygen atoms in total. The van der Waals surface area contributed by atoms with Gasteiger partial charge < -0.3 is 14.2 Å². The average molecular weight is 295 g/mol. The van der Waals surface area contributed by atoms with E-state index in [1.165, 1.54) is 24.3 Å². The lowest BCUT2D eigenvalue weighted by Crippen LogP contribution is -2.17. The van der Waals surface area contributed by atoms with Gasteiger partial charge in [0.25, 0.3) is 5.69 Å². The van der Waals surface area contributed by atoms with E-state index in [0.717, 1.165) is 0 Å². The van der Waals surface area contributed by atoms with Crippen LogP contribution in [0.3, 0.4) is 0 Å². The molecule has 112 valence electrons. The van der Waals surface area contributed by atoms with Gasteiger partial charge in [-0.2, -0.15) is 0 Å². The van der Waals surface area contributed by atoms with Crippen LogP contribution in [-0.4, -0.2) is 30.3 Å². The van der Waals surface area contributed by atoms with E-state index in [2.05, 4.69) is 16.1 Å². The number of rotatable bonds is 6. The van der Waals surface area contributed by atoms with Crippen molar-refractivity contribution in [3.8, 4) is 5.75 Å². The standard InChI is InChI=1S/C13H13NO7/c1-3-19-12(15)9(2)8-20-13(16)21-11-6-4-10(5-7-11)14(17)18/h4-7H,2-3,8H2,1H3. The van der Waals surface area contributed by atoms with Crippen LogP contribution < -0.4 is 4.74 Å². The van der Waals surface area contributed by atoms with Crippen molar-refractivity contribution in [2.45, 2.75) is 6.92 Å². The molecule has 1 aromatic carbocycles. The Morgan fingerprint density at radius 1 is 1.24 bits per heavy atom. The number of esters is 1. The van der Waals surface area contributed by atoms with Gasteiger partial charge in [0, 0.05) is 12.1 Å². The van der Waals surface area contributed by atoms with Crippen molar-refractivity contribution in [2.24, 2.45) is 0 Å². The number of nitro benzene ring substituents is 1. The van der Waals surface area contributed by atoms with Crippen LogP contribution in [0.5, 0.6) is 5.75 Å². The van der Waals surface area contributed by atoms with E-state index in [1.807, 2.05) is 0 Å². The van der Waals surface area contributed by atoms with Gasteiger partial charge in [-0.3, -0.25) is 10.1 Å². The SMILES string of the molecule is C=C(COC(=O)Oc1ccc([N+](=O)[O-])cc1)C(=O)OCC. The van der Waals surface area contributed by atoms with Crippen LogP contribution in [0.1, 0.15) is 6.92 Å². The summed E-state index contributed by atoms with van der Waals surface area (Å²) in [6.07, 6.45) is -1.06. The summed E-state index contributed by atoms with van der Waals surface area (Å²) in [5, 5.41) is 10.4. The summed E-state index contributed by atoms with van der Waals surface area (Å²) in [7, 11) is 0. The van der Waals surface area contributed by atoms with Gasteiger partial charge in [0.1, 0.15) is 12.4 Å². The molecule has 0 aromatic heterocycles. The molecule has 0 amide bonds. The van der Waals surface area contributed by atoms with Crippen molar-refractivity contribution < 1.29 is 28.7 Å². The van der Waals surface area contributed by atoms with Crippen molar-refractivity contribution in [3.63, 3.8) is 0 Å². The second kappa shape index (κ2) is 7.63. The van der Waals surface area contributed by atoms with E-state index >= 15 is 0 Å². The van der Waals surface area contributed by atoms with Gasteiger partial charge in [0.2, 0.25) is 0 Å². The van der Waals surface area contributed by atoms with Gasteiger partial charge >= 0.3 is 12.1 Å². The lowest BCUT2D eigenvalue weighted by molar-refractivity contribution is -0.384. The predicted molar refractivity (Wildman–Crippen MR) is 70.8 cm³/mol. The molecule has 0 saturated carbocycles. The number of carbonyl (C=O) groups is 2. The summed E-state index contributed by atoms with van der Waals surface area (Å²) < 4.78 is 14.1. The van der Waals surface area contributed by atoms with Crippen LogP contribution in [0.2, 0.25) is 0 Å². The number of benzene rings is 1. The Kier molecular flexibility index (Phi) is 5.87. The zero-order valence-electron chi connectivity index (χ0n) is 11.2. The van der Waals surface area contributed by atoms with Crippen molar-refractivity contribution in [3.05, 3.63) is 46.5 Å². The number of ether oxygens (including phenoxy) is 3. The number of hydrogen-bond donors (Lipinski definition) is 0. The fourth-order valence-corrected chi connectivity index (χ4v) is 1.20. The van der Waals surface area contributed by atoms with Gasteiger partial charge in [-0.25, -0.2) is 9.59 Å². The quantitative estimate of drug-likeness (QED) is 0.260. The molecule has 8 heteroatoms. The van der Waals surface area contributed by atoms with Crippen molar-refractivity contribution in [1.82, 2.24) is 0 Å². The Hall–Kier alpha value is -2.90. The highest BCUT2D eigenvalue weighted by Crippen LogP contribution is 2.17. The molecular formula is C13H13NO7. The number of nitro groups is 1. The van der Waals surface area contributed by atoms with Crippen LogP contribution in [0.15, 0.2) is 36.4 Å². The van der Waals surface area contributed by atoms with Gasteiger partial charge in [-0.05, 0) is 19.1 Å². The lowest BCUT2D eigenvalue weighted by Gasteiger charge is -2.07. The number of hydrogen-bond acceptors (Lipinski definition) is 7. The number of nitrogens with zero attached hydrogens (tertiary/aromatic N) is 1. The Labute approximate surface area is 120 Å². The fraction of sp³-hybridized carbons (Fsp3) is 0.231. The Morgan fingerprint density at radius 2 is 1.86 bits per heavy atom. The van der Waals surface area contributed by atoms with E-state index in [4.69, 9.17) is 4.74 Å². The average Bonchev–Trinajstić information content (AvgIpc) is 2.45. The zero-order chi connectivity index (χ0) is 15.8. The van der Waals surface area contributed by atoms with Crippen molar-refractivity contribution in [1.29, 1.82) is 0 Å². The molecule has 0 saturated heterocycles. The van der Waals surface area contributed by atoms with E-state index < -0.39 is 17.0 Å². The maximum Gasteiger partial charge on any atom is 0.514 e. The first-order valence-electron chi connectivity index (χ1n) is 5.88. The molecule has 0 atom stereocenters. The first-order valence-corrected chi connectivity index (χ1v) is 5.88. The summed E-state index contributed by atoms with van der Waals surface area (Å²) in [5.41, 5.74) is -0.163. The van der Waals surface area contributed by atoms with Gasteiger partial charge in [-0.1, -0.05) is 6.58 Å². The molecule has 0 aliphatic heterocycles. The molecule has 1 aromatic rings. The minimum atomic E-state index is -1.06. The normalized spacial score (nSPS) is 9.57. The monoisotopic (exact) mass is 295 g/mol. The van der Waals surface area contributed by atoms with Crippen molar-refractivity contribution in [2.75, 3.05) is 13.2 Å². The molecule has 0 heterocycles. The van der Waals surface area contributed by atoms with Crippen LogP contribution in [-0.2, 0) is 14.3 Å². The molecule has 0 N–H and O–H groups in total. The topological polar surface area (TPSA) is 105 Å². The predicted octanol–water partition coefficient (Wildman–Crippen LogP) is 2.23. The highest BCUT2D eigenvalue weighted by atomic mass is 16.7. The van der Waals surface area contributed by atoms with Crippen LogP contribution >= 0.6 is 0 Å². The number of carbonyl (C=O) groups excluding carboxylic acids is 2. The van der Waals surface area contributed by atoms with Crippen LogP contribution in [0.25, 0.3) is 0 Å². The molecule has 1 rings (SSSR count). The molecule has 0 spiro atoms. The molecular weight excluding hydrogens is 282 g/mol. The molecule has 0 bridgehead atoms. The minimum absolute atomic E-state index is 0.0301. The van der Waals surface area contributed by atoms with Gasteiger partial charge in [0.15, 0.2) is 0 Å². The van der Waals surface area contributed by atoms with Crippen molar-refractivity contribution >= 4 is 17.8 Å². The third kappa shape index (κ3) is 5.31. The number of non-ortho nitro benzene ring substituents is 1. The van der Waals surface area contributed by atoms with E-state index in [9.17, 15) is 19.7 Å². The first kappa shape index (κ1) is 16.2. The fourth-order valence-electron chi connectivity index (χ4n) is 1.20. The lowest BCUT2D eigenvalue weighted by atomic mass is 10.3. The van der Waals surface area contributed by atoms with Crippen LogP contribution in [0.4, 0.5) is 10.5 Å².